The minimum absolute atomic E-state index is 0.118. The van der Waals surface area contributed by atoms with E-state index in [4.69, 9.17) is 10.2 Å². The molecule has 0 saturated carbocycles. The molecule has 0 unspecified atom stereocenters. The van der Waals surface area contributed by atoms with Crippen LogP contribution in [0.4, 0.5) is 0 Å². The highest BCUT2D eigenvalue weighted by molar-refractivity contribution is 4.79. The Bertz CT molecular complexity index is 76.4. The zero-order chi connectivity index (χ0) is 7.49. The quantitative estimate of drug-likeness (QED) is 0.481. The largest absolute Gasteiger partial charge is 0.393 e. The van der Waals surface area contributed by atoms with Crippen molar-refractivity contribution in [3.63, 3.8) is 0 Å². The zero-order valence-corrected chi connectivity index (χ0v) is 5.83. The fourth-order valence-corrected chi connectivity index (χ4v) is 0.415. The third-order valence-electron chi connectivity index (χ3n) is 1.62. The van der Waals surface area contributed by atoms with E-state index in [0.29, 0.717) is 0 Å². The normalized spacial score (nSPS) is 12.7. The van der Waals surface area contributed by atoms with E-state index in [1.54, 1.807) is 13.8 Å². The lowest BCUT2D eigenvalue weighted by atomic mass is 9.92. The summed E-state index contributed by atoms with van der Waals surface area (Å²) in [4.78, 5) is 0. The zero-order valence-electron chi connectivity index (χ0n) is 5.83. The van der Waals surface area contributed by atoms with Crippen molar-refractivity contribution in [2.45, 2.75) is 19.4 Å². The van der Waals surface area contributed by atoms with E-state index >= 15 is 0 Å². The van der Waals surface area contributed by atoms with Crippen molar-refractivity contribution >= 4 is 0 Å². The Balaban J connectivity index is 3.92. The Morgan fingerprint density at radius 2 is 1.56 bits per heavy atom. The lowest BCUT2D eigenvalue weighted by Crippen LogP contribution is -2.42. The highest BCUT2D eigenvalue weighted by atomic mass is 16.4. The maximum absolute atomic E-state index is 9.21. The first-order chi connectivity index (χ1) is 4.06. The van der Waals surface area contributed by atoms with Gasteiger partial charge < -0.3 is 15.3 Å². The van der Waals surface area contributed by atoms with Crippen molar-refractivity contribution in [2.75, 3.05) is 13.2 Å². The molecular weight excluding hydrogens is 120 g/mol. The van der Waals surface area contributed by atoms with Crippen LogP contribution in [0, 0.1) is 5.92 Å². The smallest absolute Gasteiger partial charge is 0.113 e. The van der Waals surface area contributed by atoms with Gasteiger partial charge in [-0.2, -0.15) is 0 Å². The van der Waals surface area contributed by atoms with Crippen molar-refractivity contribution in [3.05, 3.63) is 0 Å². The molecule has 0 aromatic carbocycles. The Hall–Kier alpha value is -0.120. The van der Waals surface area contributed by atoms with Gasteiger partial charge in [0.2, 0.25) is 0 Å². The maximum Gasteiger partial charge on any atom is 0.113 e. The number of hydrogen-bond donors (Lipinski definition) is 3. The first-order valence-corrected chi connectivity index (χ1v) is 3.01. The minimum Gasteiger partial charge on any atom is -0.393 e. The molecule has 0 heterocycles. The van der Waals surface area contributed by atoms with Gasteiger partial charge in [0.05, 0.1) is 13.2 Å². The molecule has 56 valence electrons. The summed E-state index contributed by atoms with van der Waals surface area (Å²) in [5.41, 5.74) is -1.31. The van der Waals surface area contributed by atoms with Crippen molar-refractivity contribution in [3.8, 4) is 0 Å². The Morgan fingerprint density at radius 1 is 1.22 bits per heavy atom. The van der Waals surface area contributed by atoms with Gasteiger partial charge in [-0.25, -0.2) is 0 Å². The van der Waals surface area contributed by atoms with Crippen LogP contribution in [-0.4, -0.2) is 34.1 Å². The molecule has 0 aliphatic rings. The number of rotatable bonds is 3. The molecule has 0 radical (unpaired) electrons. The Labute approximate surface area is 54.9 Å². The van der Waals surface area contributed by atoms with Crippen LogP contribution < -0.4 is 0 Å². The number of aliphatic hydroxyl groups excluding tert-OH is 2. The third-order valence-corrected chi connectivity index (χ3v) is 1.62. The van der Waals surface area contributed by atoms with Gasteiger partial charge >= 0.3 is 0 Å². The lowest BCUT2D eigenvalue weighted by molar-refractivity contribution is -0.0862. The van der Waals surface area contributed by atoms with Gasteiger partial charge in [-0.1, -0.05) is 13.8 Å². The van der Waals surface area contributed by atoms with Crippen LogP contribution in [0.3, 0.4) is 0 Å². The summed E-state index contributed by atoms with van der Waals surface area (Å²) < 4.78 is 0. The predicted molar refractivity (Wildman–Crippen MR) is 34.0 cm³/mol. The molecule has 3 heteroatoms. The first-order valence-electron chi connectivity index (χ1n) is 3.01. The van der Waals surface area contributed by atoms with Gasteiger partial charge in [-0.15, -0.1) is 0 Å². The molecule has 0 amide bonds. The Kier molecular flexibility index (Phi) is 3.11. The summed E-state index contributed by atoms with van der Waals surface area (Å²) in [7, 11) is 0. The van der Waals surface area contributed by atoms with Crippen molar-refractivity contribution < 1.29 is 15.3 Å². The second-order valence-electron chi connectivity index (χ2n) is 2.57. The van der Waals surface area contributed by atoms with Crippen molar-refractivity contribution in [2.24, 2.45) is 5.92 Å². The van der Waals surface area contributed by atoms with E-state index in [1.807, 2.05) is 0 Å². The lowest BCUT2D eigenvalue weighted by Gasteiger charge is -2.27. The van der Waals surface area contributed by atoms with E-state index in [9.17, 15) is 5.11 Å². The molecule has 0 aliphatic carbocycles. The molecule has 3 N–H and O–H groups in total. The highest BCUT2D eigenvalue weighted by Crippen LogP contribution is 2.14. The van der Waals surface area contributed by atoms with Gasteiger partial charge in [-0.3, -0.25) is 0 Å². The fraction of sp³-hybridized carbons (Fsp3) is 1.00. The summed E-state index contributed by atoms with van der Waals surface area (Å²) in [5.74, 6) is -0.118. The predicted octanol–water partition coefficient (Wildman–Crippen LogP) is -0.642. The summed E-state index contributed by atoms with van der Waals surface area (Å²) in [6.07, 6.45) is 0. The molecule has 9 heavy (non-hydrogen) atoms. The van der Waals surface area contributed by atoms with Crippen molar-refractivity contribution in [1.29, 1.82) is 0 Å². The molecule has 0 fully saturated rings. The first kappa shape index (κ1) is 8.88. The van der Waals surface area contributed by atoms with Crippen LogP contribution in [0.1, 0.15) is 13.8 Å². The van der Waals surface area contributed by atoms with Crippen LogP contribution in [0.25, 0.3) is 0 Å². The van der Waals surface area contributed by atoms with E-state index < -0.39 is 5.60 Å². The molecule has 0 saturated heterocycles. The van der Waals surface area contributed by atoms with Gasteiger partial charge in [0, 0.05) is 0 Å². The minimum atomic E-state index is -1.31. The maximum atomic E-state index is 9.21. The van der Waals surface area contributed by atoms with E-state index in [0.717, 1.165) is 0 Å². The van der Waals surface area contributed by atoms with Crippen LogP contribution in [0.2, 0.25) is 0 Å². The van der Waals surface area contributed by atoms with Gasteiger partial charge in [0.1, 0.15) is 5.60 Å². The van der Waals surface area contributed by atoms with Crippen molar-refractivity contribution in [1.82, 2.24) is 0 Å². The highest BCUT2D eigenvalue weighted by Gasteiger charge is 2.28. The summed E-state index contributed by atoms with van der Waals surface area (Å²) in [6.45, 7) is 2.71. The molecule has 0 spiro atoms. The van der Waals surface area contributed by atoms with Gasteiger partial charge in [0.25, 0.3) is 0 Å². The van der Waals surface area contributed by atoms with Gasteiger partial charge in [-0.05, 0) is 5.92 Å². The van der Waals surface area contributed by atoms with E-state index in [1.165, 1.54) is 0 Å². The van der Waals surface area contributed by atoms with E-state index in [-0.39, 0.29) is 19.1 Å². The molecule has 0 aliphatic heterocycles. The van der Waals surface area contributed by atoms with Gasteiger partial charge in [0.15, 0.2) is 0 Å². The molecular formula is C6H14O3. The summed E-state index contributed by atoms with van der Waals surface area (Å²) in [5, 5.41) is 26.3. The molecule has 0 bridgehead atoms. The standard InChI is InChI=1S/C6H14O3/c1-5(2)6(9,3-7)4-8/h5,7-9H,3-4H2,1-2H3. The third kappa shape index (κ3) is 1.93. The van der Waals surface area contributed by atoms with E-state index in [2.05, 4.69) is 0 Å². The average Bonchev–Trinajstić information content (AvgIpc) is 1.86. The number of aliphatic hydroxyl groups is 3. The molecule has 0 aromatic heterocycles. The molecule has 0 atom stereocenters. The molecule has 3 nitrogen and oxygen atoms in total. The second kappa shape index (κ2) is 3.15. The molecule has 0 aromatic rings. The SMILES string of the molecule is CC(C)C(O)(CO)CO. The second-order valence-corrected chi connectivity index (χ2v) is 2.57. The average molecular weight is 134 g/mol. The van der Waals surface area contributed by atoms with Crippen LogP contribution in [-0.2, 0) is 0 Å². The summed E-state index contributed by atoms with van der Waals surface area (Å²) >= 11 is 0. The Morgan fingerprint density at radius 3 is 1.56 bits per heavy atom. The van der Waals surface area contributed by atoms with Crippen LogP contribution >= 0.6 is 0 Å². The van der Waals surface area contributed by atoms with Crippen LogP contribution in [0.15, 0.2) is 0 Å². The number of hydrogen-bond acceptors (Lipinski definition) is 3. The summed E-state index contributed by atoms with van der Waals surface area (Å²) in [6, 6.07) is 0. The monoisotopic (exact) mass is 134 g/mol. The fourth-order valence-electron chi connectivity index (χ4n) is 0.415. The van der Waals surface area contributed by atoms with Crippen LogP contribution in [0.5, 0.6) is 0 Å². The molecule has 0 rings (SSSR count). The topological polar surface area (TPSA) is 60.7 Å².